The van der Waals surface area contributed by atoms with Crippen LogP contribution in [0.5, 0.6) is 0 Å². The first-order valence-corrected chi connectivity index (χ1v) is 10.5. The number of nitrogens with zero attached hydrogens (tertiary/aromatic N) is 1. The lowest BCUT2D eigenvalue weighted by Gasteiger charge is -2.37. The second kappa shape index (κ2) is 9.88. The molecule has 1 aromatic carbocycles. The summed E-state index contributed by atoms with van der Waals surface area (Å²) in [5.74, 6) is 1.21. The summed E-state index contributed by atoms with van der Waals surface area (Å²) < 4.78 is 0. The van der Waals surface area contributed by atoms with Crippen molar-refractivity contribution in [3.8, 4) is 0 Å². The van der Waals surface area contributed by atoms with Gasteiger partial charge in [-0.2, -0.15) is 0 Å². The molecule has 5 nitrogen and oxygen atoms in total. The van der Waals surface area contributed by atoms with E-state index in [1.54, 1.807) is 0 Å². The highest BCUT2D eigenvalue weighted by Gasteiger charge is 2.30. The maximum Gasteiger partial charge on any atom is 0.251 e. The maximum atomic E-state index is 13.0. The fourth-order valence-corrected chi connectivity index (χ4v) is 4.37. The molecule has 2 aliphatic heterocycles. The molecule has 3 rings (SSSR count). The molecule has 0 aliphatic carbocycles. The summed E-state index contributed by atoms with van der Waals surface area (Å²) in [6.45, 7) is 5.71. The summed E-state index contributed by atoms with van der Waals surface area (Å²) in [7, 11) is 0. The minimum Gasteiger partial charge on any atom is -0.350 e. The summed E-state index contributed by atoms with van der Waals surface area (Å²) in [6.07, 6.45) is 6.21. The van der Waals surface area contributed by atoms with Crippen molar-refractivity contribution in [2.24, 2.45) is 11.8 Å². The molecular formula is C22H33N3O2. The van der Waals surface area contributed by atoms with Gasteiger partial charge in [-0.1, -0.05) is 25.1 Å². The van der Waals surface area contributed by atoms with Gasteiger partial charge in [0.15, 0.2) is 0 Å². The van der Waals surface area contributed by atoms with Crippen LogP contribution in [0.3, 0.4) is 0 Å². The van der Waals surface area contributed by atoms with E-state index in [9.17, 15) is 9.59 Å². The van der Waals surface area contributed by atoms with E-state index >= 15 is 0 Å². The Kier molecular flexibility index (Phi) is 7.27. The third kappa shape index (κ3) is 5.55. The van der Waals surface area contributed by atoms with Gasteiger partial charge in [0.1, 0.15) is 0 Å². The Morgan fingerprint density at radius 1 is 1.19 bits per heavy atom. The number of amides is 2. The fraction of sp³-hybridized carbons (Fsp3) is 0.636. The summed E-state index contributed by atoms with van der Waals surface area (Å²) in [4.78, 5) is 27.3. The number of benzene rings is 1. The van der Waals surface area contributed by atoms with Crippen molar-refractivity contribution in [1.29, 1.82) is 0 Å². The van der Waals surface area contributed by atoms with Crippen LogP contribution in [0.4, 0.5) is 0 Å². The van der Waals surface area contributed by atoms with Crippen LogP contribution in [-0.4, -0.2) is 48.9 Å². The van der Waals surface area contributed by atoms with E-state index in [1.165, 1.54) is 12.8 Å². The zero-order chi connectivity index (χ0) is 19.1. The van der Waals surface area contributed by atoms with Crippen molar-refractivity contribution in [3.63, 3.8) is 0 Å². The maximum absolute atomic E-state index is 13.0. The highest BCUT2D eigenvalue weighted by Crippen LogP contribution is 2.25. The van der Waals surface area contributed by atoms with Gasteiger partial charge >= 0.3 is 0 Å². The van der Waals surface area contributed by atoms with Gasteiger partial charge in [-0.15, -0.1) is 0 Å². The molecule has 3 atom stereocenters. The lowest BCUT2D eigenvalue weighted by Crippen LogP contribution is -2.50. The molecule has 5 heteroatoms. The van der Waals surface area contributed by atoms with Crippen LogP contribution < -0.4 is 10.6 Å². The van der Waals surface area contributed by atoms with Crippen LogP contribution >= 0.6 is 0 Å². The fourth-order valence-electron chi connectivity index (χ4n) is 4.37. The van der Waals surface area contributed by atoms with Crippen molar-refractivity contribution in [1.82, 2.24) is 15.5 Å². The molecule has 2 saturated heterocycles. The minimum atomic E-state index is -0.0600. The lowest BCUT2D eigenvalue weighted by molar-refractivity contribution is -0.136. The Morgan fingerprint density at radius 3 is 2.74 bits per heavy atom. The molecule has 2 amide bonds. The van der Waals surface area contributed by atoms with Crippen molar-refractivity contribution in [2.45, 2.75) is 51.5 Å². The van der Waals surface area contributed by atoms with Crippen molar-refractivity contribution < 1.29 is 9.59 Å². The molecular weight excluding hydrogens is 338 g/mol. The third-order valence-corrected chi connectivity index (χ3v) is 6.12. The summed E-state index contributed by atoms with van der Waals surface area (Å²) in [5.41, 5.74) is 0.671. The predicted molar refractivity (Wildman–Crippen MR) is 108 cm³/mol. The van der Waals surface area contributed by atoms with Crippen molar-refractivity contribution in [3.05, 3.63) is 35.9 Å². The smallest absolute Gasteiger partial charge is 0.251 e. The topological polar surface area (TPSA) is 61.4 Å². The zero-order valence-corrected chi connectivity index (χ0v) is 16.5. The Labute approximate surface area is 162 Å². The Balaban J connectivity index is 1.52. The van der Waals surface area contributed by atoms with Gasteiger partial charge in [0.05, 0.1) is 0 Å². The van der Waals surface area contributed by atoms with Crippen LogP contribution in [0.15, 0.2) is 30.3 Å². The van der Waals surface area contributed by atoms with Gasteiger partial charge in [-0.3, -0.25) is 9.59 Å². The standard InChI is InChI=1S/C22H33N3O2/c1-17(19-10-7-12-23-15-19)14-21(26)25-13-6-5-11-20(25)16-24-22(27)18-8-3-2-4-9-18/h2-4,8-9,17,19-20,23H,5-7,10-16H2,1H3,(H,24,27). The molecule has 3 unspecified atom stereocenters. The molecule has 27 heavy (non-hydrogen) atoms. The average molecular weight is 372 g/mol. The van der Waals surface area contributed by atoms with E-state index in [2.05, 4.69) is 17.6 Å². The van der Waals surface area contributed by atoms with E-state index < -0.39 is 0 Å². The van der Waals surface area contributed by atoms with E-state index in [1.807, 2.05) is 35.2 Å². The monoisotopic (exact) mass is 371 g/mol. The molecule has 148 valence electrons. The first kappa shape index (κ1) is 19.9. The van der Waals surface area contributed by atoms with Gasteiger partial charge in [-0.05, 0) is 69.2 Å². The molecule has 0 aromatic heterocycles. The Bertz CT molecular complexity index is 613. The van der Waals surface area contributed by atoms with Gasteiger partial charge in [0, 0.05) is 31.1 Å². The first-order chi connectivity index (χ1) is 13.1. The summed E-state index contributed by atoms with van der Waals surface area (Å²) in [6, 6.07) is 9.40. The second-order valence-electron chi connectivity index (χ2n) is 8.10. The van der Waals surface area contributed by atoms with Crippen LogP contribution in [-0.2, 0) is 4.79 Å². The molecule has 0 bridgehead atoms. The number of nitrogens with one attached hydrogen (secondary N) is 2. The van der Waals surface area contributed by atoms with E-state index in [0.29, 0.717) is 30.4 Å². The predicted octanol–water partition coefficient (Wildman–Crippen LogP) is 2.82. The van der Waals surface area contributed by atoms with Gasteiger partial charge in [-0.25, -0.2) is 0 Å². The van der Waals surface area contributed by atoms with Gasteiger partial charge in [0.2, 0.25) is 5.91 Å². The van der Waals surface area contributed by atoms with Gasteiger partial charge < -0.3 is 15.5 Å². The molecule has 0 spiro atoms. The summed E-state index contributed by atoms with van der Waals surface area (Å²) in [5, 5.41) is 6.48. The molecule has 2 fully saturated rings. The molecule has 2 N–H and O–H groups in total. The molecule has 0 saturated carbocycles. The van der Waals surface area contributed by atoms with Crippen molar-refractivity contribution in [2.75, 3.05) is 26.2 Å². The van der Waals surface area contributed by atoms with E-state index in [4.69, 9.17) is 0 Å². The molecule has 0 radical (unpaired) electrons. The number of carbonyl (C=O) groups is 2. The van der Waals surface area contributed by atoms with E-state index in [0.717, 1.165) is 38.9 Å². The molecule has 2 heterocycles. The number of carbonyl (C=O) groups excluding carboxylic acids is 2. The van der Waals surface area contributed by atoms with Crippen molar-refractivity contribution >= 4 is 11.8 Å². The summed E-state index contributed by atoms with van der Waals surface area (Å²) >= 11 is 0. The van der Waals surface area contributed by atoms with Crippen LogP contribution in [0.2, 0.25) is 0 Å². The number of hydrogen-bond acceptors (Lipinski definition) is 3. The highest BCUT2D eigenvalue weighted by molar-refractivity contribution is 5.94. The third-order valence-electron chi connectivity index (χ3n) is 6.12. The largest absolute Gasteiger partial charge is 0.350 e. The number of piperidine rings is 2. The van der Waals surface area contributed by atoms with Crippen LogP contribution in [0, 0.1) is 11.8 Å². The first-order valence-electron chi connectivity index (χ1n) is 10.5. The quantitative estimate of drug-likeness (QED) is 0.808. The average Bonchev–Trinajstić information content (AvgIpc) is 2.73. The van der Waals surface area contributed by atoms with Crippen LogP contribution in [0.1, 0.15) is 55.8 Å². The normalized spacial score (nSPS) is 24.3. The van der Waals surface area contributed by atoms with E-state index in [-0.39, 0.29) is 17.9 Å². The Hall–Kier alpha value is -1.88. The molecule has 1 aromatic rings. The van der Waals surface area contributed by atoms with Gasteiger partial charge in [0.25, 0.3) is 5.91 Å². The number of rotatable bonds is 6. The Morgan fingerprint density at radius 2 is 2.00 bits per heavy atom. The second-order valence-corrected chi connectivity index (χ2v) is 8.10. The number of hydrogen-bond donors (Lipinski definition) is 2. The lowest BCUT2D eigenvalue weighted by atomic mass is 9.85. The molecule has 2 aliphatic rings. The SMILES string of the molecule is CC(CC(=O)N1CCCCC1CNC(=O)c1ccccc1)C1CCCNC1. The highest BCUT2D eigenvalue weighted by atomic mass is 16.2. The minimum absolute atomic E-state index is 0.0600. The van der Waals surface area contributed by atoms with Crippen LogP contribution in [0.25, 0.3) is 0 Å². The number of likely N-dealkylation sites (tertiary alicyclic amines) is 1. The zero-order valence-electron chi connectivity index (χ0n) is 16.5.